The Kier molecular flexibility index (Phi) is 19.9. The molecule has 4 radical (unpaired) electrons. The second-order valence-corrected chi connectivity index (χ2v) is 16.0. The van der Waals surface area contributed by atoms with E-state index in [-0.39, 0.29) is 30.7 Å². The fraction of sp³-hybridized carbons (Fsp3) is 0.641. The number of amides is 9. The maximum atomic E-state index is 13.7. The monoisotopic (exact) mass is 830 g/mol. The number of ketones is 1. The summed E-state index contributed by atoms with van der Waals surface area (Å²) < 4.78 is 0. The molecule has 2 aliphatic rings. The average Bonchev–Trinajstić information content (AvgIpc) is 3.87. The van der Waals surface area contributed by atoms with Crippen LogP contribution in [0, 0.1) is 49.9 Å². The molecule has 2 rings (SSSR count). The third kappa shape index (κ3) is 14.9. The molecule has 0 aromatic heterocycles. The number of Topliss-reactive ketones (excluding diaryl/α,β-unsaturated/α-hetero) is 1. The van der Waals surface area contributed by atoms with E-state index in [4.69, 9.17) is 5.73 Å². The molecule has 6 unspecified atom stereocenters. The van der Waals surface area contributed by atoms with Crippen LogP contribution in [-0.4, -0.2) is 118 Å². The van der Waals surface area contributed by atoms with Crippen molar-refractivity contribution in [2.24, 2.45) is 29.4 Å². The van der Waals surface area contributed by atoms with Gasteiger partial charge in [-0.15, -0.1) is 0 Å². The lowest BCUT2D eigenvalue weighted by Crippen LogP contribution is -2.56. The number of nitrogens with one attached hydrogen (secondary N) is 7. The van der Waals surface area contributed by atoms with Crippen LogP contribution in [0.1, 0.15) is 88.0 Å². The van der Waals surface area contributed by atoms with Crippen LogP contribution >= 0.6 is 0 Å². The minimum Gasteiger partial charge on any atom is -0.344 e. The largest absolute Gasteiger partial charge is 0.344 e. The summed E-state index contributed by atoms with van der Waals surface area (Å²) in [6.07, 6.45) is 1.64. The summed E-state index contributed by atoms with van der Waals surface area (Å²) in [5.74, 6) is -7.62. The Morgan fingerprint density at radius 3 is 1.20 bits per heavy atom. The van der Waals surface area contributed by atoms with Crippen molar-refractivity contribution < 1.29 is 47.9 Å². The summed E-state index contributed by atoms with van der Waals surface area (Å²) in [4.78, 5) is 131. The topological polar surface area (TPSA) is 287 Å². The number of likely N-dealkylation sites (tertiary alicyclic amines) is 2. The van der Waals surface area contributed by atoms with Crippen LogP contribution in [0.2, 0.25) is 0 Å². The summed E-state index contributed by atoms with van der Waals surface area (Å²) in [5, 5.41) is 17.3. The van der Waals surface area contributed by atoms with Crippen LogP contribution < -0.4 is 43.0 Å². The molecular formula is C39H62N10O10. The van der Waals surface area contributed by atoms with Gasteiger partial charge in [0.1, 0.15) is 56.4 Å². The van der Waals surface area contributed by atoms with E-state index in [1.807, 2.05) is 0 Å². The van der Waals surface area contributed by atoms with Crippen molar-refractivity contribution in [3.05, 3.63) is 26.2 Å². The molecule has 0 bridgehead atoms. The van der Waals surface area contributed by atoms with E-state index in [0.717, 1.165) is 26.2 Å². The van der Waals surface area contributed by atoms with Gasteiger partial charge in [-0.2, -0.15) is 0 Å². The highest BCUT2D eigenvalue weighted by molar-refractivity contribution is 6.00. The zero-order valence-electron chi connectivity index (χ0n) is 35.4. The highest BCUT2D eigenvalue weighted by Crippen LogP contribution is 2.22. The van der Waals surface area contributed by atoms with E-state index in [1.54, 1.807) is 55.4 Å². The molecule has 0 aromatic carbocycles. The Morgan fingerprint density at radius 1 is 0.508 bits per heavy atom. The van der Waals surface area contributed by atoms with Crippen LogP contribution in [-0.2, 0) is 47.9 Å². The SMILES string of the molecule is CC(=O)C(NC(=O)[CH]NC(=O)C1CCCN1C(=O)C(NC(=O)[CH]NC(=O)C(NC(=O)[CH]NC(=O)C1CCCN1C(=O)C(NC(=O)[CH]N)C(C)C)C(C)C)C(C)C)C(C)C. The van der Waals surface area contributed by atoms with E-state index < -0.39 is 101 Å². The van der Waals surface area contributed by atoms with Crippen molar-refractivity contribution in [1.82, 2.24) is 47.0 Å². The van der Waals surface area contributed by atoms with Gasteiger partial charge >= 0.3 is 0 Å². The molecule has 0 spiro atoms. The number of nitrogens with zero attached hydrogens (tertiary/aromatic N) is 2. The van der Waals surface area contributed by atoms with Gasteiger partial charge in [-0.3, -0.25) is 47.9 Å². The van der Waals surface area contributed by atoms with Crippen LogP contribution in [0.4, 0.5) is 0 Å². The molecule has 6 atom stereocenters. The van der Waals surface area contributed by atoms with Gasteiger partial charge in [0.15, 0.2) is 5.78 Å². The van der Waals surface area contributed by atoms with E-state index in [1.165, 1.54) is 16.7 Å². The highest BCUT2D eigenvalue weighted by Gasteiger charge is 2.40. The van der Waals surface area contributed by atoms with Crippen molar-refractivity contribution in [2.45, 2.75) is 124 Å². The van der Waals surface area contributed by atoms with Gasteiger partial charge in [-0.05, 0) is 56.3 Å². The Labute approximate surface area is 346 Å². The molecular weight excluding hydrogens is 768 g/mol. The van der Waals surface area contributed by atoms with Crippen molar-refractivity contribution in [1.29, 1.82) is 0 Å². The summed E-state index contributed by atoms with van der Waals surface area (Å²) in [5.41, 5.74) is 5.27. The number of hydrogen-bond donors (Lipinski definition) is 8. The summed E-state index contributed by atoms with van der Waals surface area (Å²) >= 11 is 0. The zero-order chi connectivity index (χ0) is 44.7. The molecule has 328 valence electrons. The van der Waals surface area contributed by atoms with Crippen molar-refractivity contribution in [2.75, 3.05) is 13.1 Å². The van der Waals surface area contributed by atoms with Crippen LogP contribution in [0.3, 0.4) is 0 Å². The third-order valence-electron chi connectivity index (χ3n) is 9.98. The first-order valence-corrected chi connectivity index (χ1v) is 19.9. The molecule has 59 heavy (non-hydrogen) atoms. The van der Waals surface area contributed by atoms with Gasteiger partial charge in [0, 0.05) is 13.1 Å². The summed E-state index contributed by atoms with van der Waals surface area (Å²) in [6.45, 7) is 18.9. The zero-order valence-corrected chi connectivity index (χ0v) is 35.4. The fourth-order valence-corrected chi connectivity index (χ4v) is 6.74. The normalized spacial score (nSPS) is 18.5. The van der Waals surface area contributed by atoms with E-state index >= 15 is 0 Å². The number of carbonyl (C=O) groups is 10. The van der Waals surface area contributed by atoms with E-state index in [0.29, 0.717) is 25.7 Å². The maximum absolute atomic E-state index is 13.7. The van der Waals surface area contributed by atoms with E-state index in [2.05, 4.69) is 37.2 Å². The van der Waals surface area contributed by atoms with Crippen molar-refractivity contribution >= 4 is 58.9 Å². The lowest BCUT2D eigenvalue weighted by Gasteiger charge is -2.30. The maximum Gasteiger partial charge on any atom is 0.246 e. The first-order valence-electron chi connectivity index (χ1n) is 19.9. The summed E-state index contributed by atoms with van der Waals surface area (Å²) in [7, 11) is 0. The van der Waals surface area contributed by atoms with Gasteiger partial charge in [0.2, 0.25) is 53.2 Å². The Balaban J connectivity index is 1.94. The van der Waals surface area contributed by atoms with Gasteiger partial charge < -0.3 is 52.8 Å². The van der Waals surface area contributed by atoms with Gasteiger partial charge in [0.05, 0.1) is 6.04 Å². The summed E-state index contributed by atoms with van der Waals surface area (Å²) in [6, 6.07) is -5.75. The predicted octanol–water partition coefficient (Wildman–Crippen LogP) is -1.92. The minimum absolute atomic E-state index is 0.168. The van der Waals surface area contributed by atoms with Crippen molar-refractivity contribution in [3.63, 3.8) is 0 Å². The number of rotatable bonds is 21. The smallest absolute Gasteiger partial charge is 0.246 e. The molecule has 9 amide bonds. The lowest BCUT2D eigenvalue weighted by molar-refractivity contribution is -0.142. The van der Waals surface area contributed by atoms with Crippen molar-refractivity contribution in [3.8, 4) is 0 Å². The molecule has 9 N–H and O–H groups in total. The molecule has 2 saturated heterocycles. The van der Waals surface area contributed by atoms with Crippen LogP contribution in [0.5, 0.6) is 0 Å². The van der Waals surface area contributed by atoms with Crippen LogP contribution in [0.25, 0.3) is 0 Å². The highest BCUT2D eigenvalue weighted by atomic mass is 16.2. The third-order valence-corrected chi connectivity index (χ3v) is 9.98. The molecule has 2 heterocycles. The quantitative estimate of drug-likeness (QED) is 0.0631. The number of hydrogen-bond acceptors (Lipinski definition) is 11. The Morgan fingerprint density at radius 2 is 0.847 bits per heavy atom. The van der Waals surface area contributed by atoms with Gasteiger partial charge in [-0.25, -0.2) is 0 Å². The second-order valence-electron chi connectivity index (χ2n) is 16.0. The second kappa shape index (κ2) is 23.5. The Hall–Kier alpha value is -5.14. The first kappa shape index (κ1) is 50.0. The van der Waals surface area contributed by atoms with Gasteiger partial charge in [-0.1, -0.05) is 55.4 Å². The molecule has 0 saturated carbocycles. The number of nitrogens with two attached hydrogens (primary N) is 1. The van der Waals surface area contributed by atoms with Gasteiger partial charge in [0.25, 0.3) is 0 Å². The fourth-order valence-electron chi connectivity index (χ4n) is 6.74. The predicted molar refractivity (Wildman–Crippen MR) is 213 cm³/mol. The number of carbonyl (C=O) groups excluding carboxylic acids is 10. The molecule has 20 nitrogen and oxygen atoms in total. The molecule has 2 aliphatic heterocycles. The first-order chi connectivity index (χ1) is 27.6. The standard InChI is InChI=1S/C39H62N10O10/c1-20(2)31(24(9)50)45-28(52)17-41-35(55)26-13-11-15-49(26)39(59)34(23(7)8)47-30(54)19-43-37(57)32(21(3)4)46-29(53)18-42-36(56)25-12-10-14-48(25)38(58)33(22(5)6)44-27(51)16-40/h16-23,25-26,31-34H,10-15,40H2,1-9H3,(H,41,55)(H,42,56)(H,43,57)(H,44,51)(H,45,52)(H,46,53)(H,47,54). The Bertz CT molecular complexity index is 1570. The van der Waals surface area contributed by atoms with E-state index in [9.17, 15) is 47.9 Å². The minimum atomic E-state index is -1.16. The molecule has 0 aromatic rings. The molecule has 20 heteroatoms. The molecule has 2 fully saturated rings. The lowest BCUT2D eigenvalue weighted by atomic mass is 10.0. The molecule has 0 aliphatic carbocycles. The van der Waals surface area contributed by atoms with Crippen LogP contribution in [0.15, 0.2) is 0 Å². The average molecular weight is 831 g/mol.